The number of fused-ring (bicyclic) bond motifs is 1. The molecule has 4 amide bonds. The Hall–Kier alpha value is -3.17. The van der Waals surface area contributed by atoms with E-state index >= 15 is 4.39 Å². The molecule has 10 heteroatoms. The van der Waals surface area contributed by atoms with Crippen molar-refractivity contribution in [3.63, 3.8) is 0 Å². The number of amides is 4. The molecule has 2 fully saturated rings. The zero-order chi connectivity index (χ0) is 23.2. The van der Waals surface area contributed by atoms with Crippen LogP contribution in [0.15, 0.2) is 12.1 Å². The van der Waals surface area contributed by atoms with Crippen molar-refractivity contribution < 1.29 is 28.3 Å². The number of carbonyl (C=O) groups is 4. The second-order valence-corrected chi connectivity index (χ2v) is 9.28. The van der Waals surface area contributed by atoms with Gasteiger partial charge < -0.3 is 19.4 Å². The molecule has 3 aliphatic heterocycles. The molecule has 0 radical (unpaired) electrons. The molecule has 172 valence electrons. The summed E-state index contributed by atoms with van der Waals surface area (Å²) in [5, 5.41) is 2.24. The number of carbonyl (C=O) groups excluding carboxylic acids is 4. The van der Waals surface area contributed by atoms with Crippen LogP contribution in [0.3, 0.4) is 0 Å². The van der Waals surface area contributed by atoms with E-state index in [4.69, 9.17) is 4.74 Å². The Kier molecular flexibility index (Phi) is 5.56. The Bertz CT molecular complexity index is 981. The molecule has 0 aliphatic carbocycles. The molecule has 0 aromatic heterocycles. The van der Waals surface area contributed by atoms with Crippen molar-refractivity contribution in [2.45, 2.75) is 51.8 Å². The zero-order valence-corrected chi connectivity index (χ0v) is 18.4. The summed E-state index contributed by atoms with van der Waals surface area (Å²) in [6.45, 7) is 7.05. The van der Waals surface area contributed by atoms with Crippen LogP contribution < -0.4 is 10.2 Å². The molecule has 9 nitrogen and oxygen atoms in total. The van der Waals surface area contributed by atoms with Crippen LogP contribution >= 0.6 is 0 Å². The predicted molar refractivity (Wildman–Crippen MR) is 112 cm³/mol. The molecule has 1 aromatic rings. The highest BCUT2D eigenvalue weighted by Gasteiger charge is 2.41. The van der Waals surface area contributed by atoms with Gasteiger partial charge in [-0.05, 0) is 39.3 Å². The Morgan fingerprint density at radius 3 is 2.44 bits per heavy atom. The van der Waals surface area contributed by atoms with Gasteiger partial charge in [0, 0.05) is 43.7 Å². The van der Waals surface area contributed by atoms with Gasteiger partial charge in [0.15, 0.2) is 5.82 Å². The standard InChI is InChI=1S/C22H27FN4O5/c1-22(2,3)32-21(31)26-10-8-25(9-11-26)15-5-4-13-14(18(15)23)12-27(20(13)30)16-6-7-17(28)24-19(16)29/h4-5,16H,6-12H2,1-3H3,(H,24,28,29). The van der Waals surface area contributed by atoms with E-state index in [0.29, 0.717) is 31.9 Å². The first-order chi connectivity index (χ1) is 15.0. The number of benzene rings is 1. The molecule has 2 saturated heterocycles. The maximum Gasteiger partial charge on any atom is 0.410 e. The molecule has 3 heterocycles. The van der Waals surface area contributed by atoms with Crippen LogP contribution in [-0.2, 0) is 20.9 Å². The van der Waals surface area contributed by atoms with Gasteiger partial charge in [0.25, 0.3) is 5.91 Å². The van der Waals surface area contributed by atoms with E-state index in [1.165, 1.54) is 4.90 Å². The molecule has 32 heavy (non-hydrogen) atoms. The number of nitrogens with zero attached hydrogens (tertiary/aromatic N) is 3. The molecule has 0 spiro atoms. The minimum Gasteiger partial charge on any atom is -0.444 e. The van der Waals surface area contributed by atoms with Gasteiger partial charge in [-0.2, -0.15) is 0 Å². The largest absolute Gasteiger partial charge is 0.444 e. The number of hydrogen-bond donors (Lipinski definition) is 1. The fourth-order valence-corrected chi connectivity index (χ4v) is 4.29. The van der Waals surface area contributed by atoms with Crippen molar-refractivity contribution in [3.05, 3.63) is 29.1 Å². The normalized spacial score (nSPS) is 21.6. The number of rotatable bonds is 2. The number of piperazine rings is 1. The maximum absolute atomic E-state index is 15.4. The fraction of sp³-hybridized carbons (Fsp3) is 0.545. The highest BCUT2D eigenvalue weighted by molar-refractivity contribution is 6.05. The summed E-state index contributed by atoms with van der Waals surface area (Å²) in [5.41, 5.74) is 0.280. The van der Waals surface area contributed by atoms with E-state index in [-0.39, 0.29) is 36.4 Å². The third-order valence-electron chi connectivity index (χ3n) is 5.90. The smallest absolute Gasteiger partial charge is 0.410 e. The molecule has 1 unspecified atom stereocenters. The summed E-state index contributed by atoms with van der Waals surface area (Å²) in [5.74, 6) is -1.79. The van der Waals surface area contributed by atoms with Crippen LogP contribution in [0.4, 0.5) is 14.9 Å². The fourth-order valence-electron chi connectivity index (χ4n) is 4.29. The van der Waals surface area contributed by atoms with Crippen LogP contribution in [-0.4, -0.2) is 71.4 Å². The van der Waals surface area contributed by atoms with Gasteiger partial charge in [-0.3, -0.25) is 19.7 Å². The lowest BCUT2D eigenvalue weighted by Gasteiger charge is -2.37. The lowest BCUT2D eigenvalue weighted by Crippen LogP contribution is -2.52. The van der Waals surface area contributed by atoms with Gasteiger partial charge >= 0.3 is 6.09 Å². The zero-order valence-electron chi connectivity index (χ0n) is 18.4. The SMILES string of the molecule is CC(C)(C)OC(=O)N1CCN(c2ccc3c(c2F)CN(C2CCC(=O)NC2=O)C3=O)CC1. The van der Waals surface area contributed by atoms with E-state index in [1.807, 2.05) is 4.90 Å². The summed E-state index contributed by atoms with van der Waals surface area (Å²) in [6, 6.07) is 2.37. The molecular weight excluding hydrogens is 419 g/mol. The summed E-state index contributed by atoms with van der Waals surface area (Å²) in [4.78, 5) is 53.5. The molecule has 4 rings (SSSR count). The van der Waals surface area contributed by atoms with Gasteiger partial charge in [-0.15, -0.1) is 0 Å². The van der Waals surface area contributed by atoms with Crippen molar-refractivity contribution >= 4 is 29.5 Å². The number of piperidine rings is 1. The van der Waals surface area contributed by atoms with E-state index in [0.717, 1.165) is 0 Å². The van der Waals surface area contributed by atoms with Gasteiger partial charge in [-0.25, -0.2) is 9.18 Å². The average Bonchev–Trinajstić information content (AvgIpc) is 3.05. The minimum atomic E-state index is -0.784. The second kappa shape index (κ2) is 8.07. The van der Waals surface area contributed by atoms with Gasteiger partial charge in [-0.1, -0.05) is 0 Å². The minimum absolute atomic E-state index is 0.0159. The first-order valence-electron chi connectivity index (χ1n) is 10.7. The molecule has 0 saturated carbocycles. The van der Waals surface area contributed by atoms with Gasteiger partial charge in [0.1, 0.15) is 11.6 Å². The Morgan fingerprint density at radius 2 is 1.81 bits per heavy atom. The van der Waals surface area contributed by atoms with Crippen LogP contribution in [0.25, 0.3) is 0 Å². The number of halogens is 1. The van der Waals surface area contributed by atoms with Crippen LogP contribution in [0.1, 0.15) is 49.5 Å². The highest BCUT2D eigenvalue weighted by Crippen LogP contribution is 2.34. The Balaban J connectivity index is 1.46. The second-order valence-electron chi connectivity index (χ2n) is 9.28. The number of nitrogens with one attached hydrogen (secondary N) is 1. The third-order valence-corrected chi connectivity index (χ3v) is 5.90. The predicted octanol–water partition coefficient (Wildman–Crippen LogP) is 1.64. The molecule has 1 atom stereocenters. The first-order valence-corrected chi connectivity index (χ1v) is 10.7. The first kappa shape index (κ1) is 22.0. The lowest BCUT2D eigenvalue weighted by atomic mass is 10.0. The summed E-state index contributed by atoms with van der Waals surface area (Å²) >= 11 is 0. The van der Waals surface area contributed by atoms with Crippen LogP contribution in [0.2, 0.25) is 0 Å². The maximum atomic E-state index is 15.4. The van der Waals surface area contributed by atoms with E-state index in [2.05, 4.69) is 5.32 Å². The molecule has 0 bridgehead atoms. The number of ether oxygens (including phenoxy) is 1. The van der Waals surface area contributed by atoms with Crippen molar-refractivity contribution in [3.8, 4) is 0 Å². The van der Waals surface area contributed by atoms with Crippen LogP contribution in [0, 0.1) is 5.82 Å². The Morgan fingerprint density at radius 1 is 1.12 bits per heavy atom. The lowest BCUT2D eigenvalue weighted by molar-refractivity contribution is -0.136. The average molecular weight is 446 g/mol. The van der Waals surface area contributed by atoms with Crippen molar-refractivity contribution in [2.75, 3.05) is 31.1 Å². The summed E-state index contributed by atoms with van der Waals surface area (Å²) in [7, 11) is 0. The number of hydrogen-bond acceptors (Lipinski definition) is 6. The molecule has 3 aliphatic rings. The molecule has 1 aromatic carbocycles. The number of anilines is 1. The van der Waals surface area contributed by atoms with Gasteiger partial charge in [0.2, 0.25) is 11.8 Å². The van der Waals surface area contributed by atoms with E-state index < -0.39 is 35.4 Å². The number of imide groups is 1. The Labute approximate surface area is 185 Å². The monoisotopic (exact) mass is 446 g/mol. The third kappa shape index (κ3) is 4.13. The van der Waals surface area contributed by atoms with Crippen LogP contribution in [0.5, 0.6) is 0 Å². The van der Waals surface area contributed by atoms with E-state index in [1.54, 1.807) is 37.8 Å². The highest BCUT2D eigenvalue weighted by atomic mass is 19.1. The molecular formula is C22H27FN4O5. The molecule has 1 N–H and O–H groups in total. The topological polar surface area (TPSA) is 99.3 Å². The van der Waals surface area contributed by atoms with Crippen molar-refractivity contribution in [1.82, 2.24) is 15.1 Å². The summed E-state index contributed by atoms with van der Waals surface area (Å²) in [6.07, 6.45) is -0.0189. The van der Waals surface area contributed by atoms with Crippen molar-refractivity contribution in [1.29, 1.82) is 0 Å². The van der Waals surface area contributed by atoms with Gasteiger partial charge in [0.05, 0.1) is 12.2 Å². The summed E-state index contributed by atoms with van der Waals surface area (Å²) < 4.78 is 20.8. The quantitative estimate of drug-likeness (QED) is 0.694. The van der Waals surface area contributed by atoms with Crippen molar-refractivity contribution in [2.24, 2.45) is 0 Å². The van der Waals surface area contributed by atoms with E-state index in [9.17, 15) is 19.2 Å².